The van der Waals surface area contributed by atoms with Crippen molar-refractivity contribution in [3.63, 3.8) is 0 Å². The van der Waals surface area contributed by atoms with Gasteiger partial charge in [0.1, 0.15) is 0 Å². The van der Waals surface area contributed by atoms with Crippen LogP contribution in [0.3, 0.4) is 0 Å². The molecule has 1 aliphatic heterocycles. The molecule has 2 heteroatoms. The standard InChI is InChI=1S/C21H27NSi/c1-20-13-12-15-8-6-7-9-17(15)21(20,2)22-19-11-10-16(14-18(19)20)23(3,4)5/h6-11,14,22H,12-13H2,1-5H3. The van der Waals surface area contributed by atoms with Gasteiger partial charge in [0, 0.05) is 11.1 Å². The van der Waals surface area contributed by atoms with Gasteiger partial charge in [-0.2, -0.15) is 0 Å². The predicted molar refractivity (Wildman–Crippen MR) is 103 cm³/mol. The molecule has 2 aromatic rings. The van der Waals surface area contributed by atoms with Gasteiger partial charge in [0.05, 0.1) is 13.6 Å². The molecular weight excluding hydrogens is 294 g/mol. The molecule has 0 bridgehead atoms. The molecule has 4 rings (SSSR count). The van der Waals surface area contributed by atoms with Gasteiger partial charge in [-0.15, -0.1) is 0 Å². The lowest BCUT2D eigenvalue weighted by Gasteiger charge is -2.47. The summed E-state index contributed by atoms with van der Waals surface area (Å²) in [6, 6.07) is 16.2. The molecule has 0 amide bonds. The molecule has 2 aliphatic rings. The zero-order chi connectivity index (χ0) is 16.5. The van der Waals surface area contributed by atoms with Crippen molar-refractivity contribution in [3.8, 4) is 0 Å². The van der Waals surface area contributed by atoms with Crippen molar-refractivity contribution >= 4 is 18.9 Å². The number of hydrogen-bond acceptors (Lipinski definition) is 1. The maximum atomic E-state index is 3.90. The Morgan fingerprint density at radius 1 is 0.957 bits per heavy atom. The molecule has 1 heterocycles. The number of nitrogens with one attached hydrogen (secondary N) is 1. The third kappa shape index (κ3) is 1.91. The Balaban J connectivity index is 1.92. The third-order valence-corrected chi connectivity index (χ3v) is 8.46. The number of benzene rings is 2. The topological polar surface area (TPSA) is 12.0 Å². The van der Waals surface area contributed by atoms with E-state index in [4.69, 9.17) is 0 Å². The molecule has 1 nitrogen and oxygen atoms in total. The van der Waals surface area contributed by atoms with Gasteiger partial charge in [-0.3, -0.25) is 0 Å². The quantitative estimate of drug-likeness (QED) is 0.746. The van der Waals surface area contributed by atoms with E-state index >= 15 is 0 Å². The van der Waals surface area contributed by atoms with Gasteiger partial charge in [-0.1, -0.05) is 68.1 Å². The van der Waals surface area contributed by atoms with Crippen LogP contribution in [-0.2, 0) is 17.4 Å². The normalized spacial score (nSPS) is 28.6. The first kappa shape index (κ1) is 15.0. The summed E-state index contributed by atoms with van der Waals surface area (Å²) >= 11 is 0. The minimum atomic E-state index is -1.29. The van der Waals surface area contributed by atoms with E-state index in [-0.39, 0.29) is 11.0 Å². The van der Waals surface area contributed by atoms with E-state index in [1.807, 2.05) is 0 Å². The highest BCUT2D eigenvalue weighted by molar-refractivity contribution is 6.88. The molecule has 1 aliphatic carbocycles. The van der Waals surface area contributed by atoms with E-state index in [1.54, 1.807) is 5.19 Å². The molecule has 1 N–H and O–H groups in total. The van der Waals surface area contributed by atoms with Gasteiger partial charge in [0.2, 0.25) is 0 Å². The van der Waals surface area contributed by atoms with Crippen molar-refractivity contribution in [1.29, 1.82) is 0 Å². The number of anilines is 1. The lowest BCUT2D eigenvalue weighted by molar-refractivity contribution is 0.268. The fourth-order valence-electron chi connectivity index (χ4n) is 4.61. The van der Waals surface area contributed by atoms with Crippen LogP contribution in [0.4, 0.5) is 5.69 Å². The molecule has 0 aromatic heterocycles. The average Bonchev–Trinajstić information content (AvgIpc) is 2.74. The summed E-state index contributed by atoms with van der Waals surface area (Å²) in [7, 11) is -1.29. The first-order valence-electron chi connectivity index (χ1n) is 8.77. The zero-order valence-corrected chi connectivity index (χ0v) is 16.0. The van der Waals surface area contributed by atoms with Crippen LogP contribution in [0, 0.1) is 0 Å². The van der Waals surface area contributed by atoms with Crippen molar-refractivity contribution in [2.75, 3.05) is 5.32 Å². The lowest BCUT2D eigenvalue weighted by atomic mass is 9.60. The lowest BCUT2D eigenvalue weighted by Crippen LogP contribution is -2.49. The van der Waals surface area contributed by atoms with Crippen LogP contribution in [0.15, 0.2) is 42.5 Å². The highest BCUT2D eigenvalue weighted by atomic mass is 28.3. The Morgan fingerprint density at radius 2 is 1.70 bits per heavy atom. The van der Waals surface area contributed by atoms with Crippen LogP contribution in [0.5, 0.6) is 0 Å². The van der Waals surface area contributed by atoms with Crippen LogP contribution < -0.4 is 10.5 Å². The Labute approximate surface area is 141 Å². The molecule has 2 atom stereocenters. The van der Waals surface area contributed by atoms with Gasteiger partial charge in [-0.25, -0.2) is 0 Å². The Morgan fingerprint density at radius 3 is 2.43 bits per heavy atom. The Bertz CT molecular complexity index is 789. The molecule has 2 aromatic carbocycles. The Hall–Kier alpha value is -1.54. The van der Waals surface area contributed by atoms with E-state index in [0.717, 1.165) is 0 Å². The molecule has 0 saturated heterocycles. The largest absolute Gasteiger partial charge is 0.375 e. The first-order chi connectivity index (χ1) is 10.8. The summed E-state index contributed by atoms with van der Waals surface area (Å²) in [5.74, 6) is 0. The first-order valence-corrected chi connectivity index (χ1v) is 12.3. The second-order valence-electron chi connectivity index (χ2n) is 8.75. The molecule has 0 spiro atoms. The zero-order valence-electron chi connectivity index (χ0n) is 15.0. The predicted octanol–water partition coefficient (Wildman–Crippen LogP) is 4.78. The molecule has 0 radical (unpaired) electrons. The van der Waals surface area contributed by atoms with Gasteiger partial charge in [0.25, 0.3) is 0 Å². The van der Waals surface area contributed by atoms with E-state index in [0.29, 0.717) is 0 Å². The summed E-state index contributed by atoms with van der Waals surface area (Å²) in [5, 5.41) is 5.48. The summed E-state index contributed by atoms with van der Waals surface area (Å²) in [4.78, 5) is 0. The monoisotopic (exact) mass is 321 g/mol. The van der Waals surface area contributed by atoms with Crippen molar-refractivity contribution in [2.24, 2.45) is 0 Å². The fourth-order valence-corrected chi connectivity index (χ4v) is 5.77. The van der Waals surface area contributed by atoms with Gasteiger partial charge >= 0.3 is 0 Å². The molecule has 0 fully saturated rings. The van der Waals surface area contributed by atoms with Gasteiger partial charge in [-0.05, 0) is 42.5 Å². The minimum Gasteiger partial charge on any atom is -0.375 e. The smallest absolute Gasteiger partial charge is 0.0776 e. The number of fused-ring (bicyclic) bond motifs is 5. The summed E-state index contributed by atoms with van der Waals surface area (Å²) in [5.41, 5.74) is 6.05. The summed E-state index contributed by atoms with van der Waals surface area (Å²) in [6.45, 7) is 12.2. The highest BCUT2D eigenvalue weighted by Crippen LogP contribution is 2.57. The van der Waals surface area contributed by atoms with Crippen LogP contribution in [0.1, 0.15) is 37.0 Å². The van der Waals surface area contributed by atoms with E-state index in [1.165, 1.54) is 35.2 Å². The van der Waals surface area contributed by atoms with Crippen molar-refractivity contribution in [2.45, 2.75) is 57.3 Å². The van der Waals surface area contributed by atoms with E-state index in [9.17, 15) is 0 Å². The van der Waals surface area contributed by atoms with Crippen molar-refractivity contribution < 1.29 is 0 Å². The van der Waals surface area contributed by atoms with Gasteiger partial charge in [0.15, 0.2) is 0 Å². The average molecular weight is 322 g/mol. The molecule has 0 saturated carbocycles. The Kier molecular flexibility index (Phi) is 2.94. The molecular formula is C21H27NSi. The van der Waals surface area contributed by atoms with Gasteiger partial charge < -0.3 is 5.32 Å². The van der Waals surface area contributed by atoms with Crippen LogP contribution in [0.25, 0.3) is 0 Å². The second-order valence-corrected chi connectivity index (χ2v) is 13.8. The summed E-state index contributed by atoms with van der Waals surface area (Å²) < 4.78 is 0. The van der Waals surface area contributed by atoms with Crippen LogP contribution >= 0.6 is 0 Å². The van der Waals surface area contributed by atoms with Crippen LogP contribution in [0.2, 0.25) is 19.6 Å². The maximum Gasteiger partial charge on any atom is 0.0776 e. The fraction of sp³-hybridized carbons (Fsp3) is 0.429. The van der Waals surface area contributed by atoms with E-state index < -0.39 is 8.07 Å². The number of rotatable bonds is 1. The maximum absolute atomic E-state index is 3.90. The number of hydrogen-bond donors (Lipinski definition) is 1. The van der Waals surface area contributed by atoms with E-state index in [2.05, 4.69) is 81.3 Å². The number of aryl methyl sites for hydroxylation is 1. The second kappa shape index (κ2) is 4.51. The van der Waals surface area contributed by atoms with Crippen LogP contribution in [-0.4, -0.2) is 8.07 Å². The molecule has 23 heavy (non-hydrogen) atoms. The molecule has 120 valence electrons. The third-order valence-electron chi connectivity index (χ3n) is 6.42. The molecule has 2 unspecified atom stereocenters. The highest BCUT2D eigenvalue weighted by Gasteiger charge is 2.55. The summed E-state index contributed by atoms with van der Waals surface area (Å²) in [6.07, 6.45) is 2.40. The minimum absolute atomic E-state index is 0.00222. The van der Waals surface area contributed by atoms with Crippen molar-refractivity contribution in [3.05, 3.63) is 59.2 Å². The SMILES string of the molecule is CC12CCc3ccccc3C1(C)Nc1ccc([Si](C)(C)C)cc12. The van der Waals surface area contributed by atoms with Crippen molar-refractivity contribution in [1.82, 2.24) is 0 Å².